The molecule has 0 aliphatic carbocycles. The van der Waals surface area contributed by atoms with Crippen molar-refractivity contribution < 1.29 is 19.7 Å². The minimum absolute atomic E-state index is 0.0999. The summed E-state index contributed by atoms with van der Waals surface area (Å²) in [4.78, 5) is 15.0. The maximum atomic E-state index is 11.2. The first-order chi connectivity index (χ1) is 8.09. The number of aliphatic hydroxyl groups excluding tert-OH is 2. The molecule has 4 atom stereocenters. The van der Waals surface area contributed by atoms with Gasteiger partial charge in [-0.3, -0.25) is 9.36 Å². The SMILES string of the molecule is NC(=O)c1ncn2c1NC[C@H]1O[C@@H]2C(O)[C@H]1O. The Balaban J connectivity index is 2.07. The fourth-order valence-corrected chi connectivity index (χ4v) is 2.23. The summed E-state index contributed by atoms with van der Waals surface area (Å²) in [5.74, 6) is -0.241. The first kappa shape index (κ1) is 10.5. The van der Waals surface area contributed by atoms with Crippen LogP contribution in [0, 0.1) is 0 Å². The maximum Gasteiger partial charge on any atom is 0.271 e. The fourth-order valence-electron chi connectivity index (χ4n) is 2.23. The van der Waals surface area contributed by atoms with Crippen molar-refractivity contribution in [1.82, 2.24) is 9.55 Å². The molecule has 0 spiro atoms. The van der Waals surface area contributed by atoms with E-state index < -0.39 is 30.4 Å². The van der Waals surface area contributed by atoms with E-state index in [9.17, 15) is 15.0 Å². The summed E-state index contributed by atoms with van der Waals surface area (Å²) < 4.78 is 6.95. The van der Waals surface area contributed by atoms with E-state index in [1.54, 1.807) is 0 Å². The molecule has 1 unspecified atom stereocenters. The zero-order valence-electron chi connectivity index (χ0n) is 8.78. The lowest BCUT2D eigenvalue weighted by Crippen LogP contribution is -2.37. The summed E-state index contributed by atoms with van der Waals surface area (Å²) in [7, 11) is 0. The lowest BCUT2D eigenvalue weighted by molar-refractivity contribution is -0.0282. The van der Waals surface area contributed by atoms with Gasteiger partial charge in [-0.2, -0.15) is 0 Å². The molecule has 8 nitrogen and oxygen atoms in total. The molecule has 1 amide bonds. The Kier molecular flexibility index (Phi) is 2.12. The quantitative estimate of drug-likeness (QED) is 0.451. The first-order valence-corrected chi connectivity index (χ1v) is 5.21. The number of hydrogen-bond donors (Lipinski definition) is 4. The molecule has 17 heavy (non-hydrogen) atoms. The number of ether oxygens (including phenoxy) is 1. The van der Waals surface area contributed by atoms with Gasteiger partial charge >= 0.3 is 0 Å². The Morgan fingerprint density at radius 2 is 2.35 bits per heavy atom. The third kappa shape index (κ3) is 1.35. The van der Waals surface area contributed by atoms with Crippen LogP contribution >= 0.6 is 0 Å². The van der Waals surface area contributed by atoms with Crippen molar-refractivity contribution >= 4 is 11.7 Å². The zero-order valence-corrected chi connectivity index (χ0v) is 8.78. The summed E-state index contributed by atoms with van der Waals surface area (Å²) in [5, 5.41) is 22.5. The van der Waals surface area contributed by atoms with Gasteiger partial charge in [0.2, 0.25) is 0 Å². The molecule has 1 fully saturated rings. The van der Waals surface area contributed by atoms with Crippen molar-refractivity contribution in [2.24, 2.45) is 5.73 Å². The Morgan fingerprint density at radius 3 is 3.06 bits per heavy atom. The van der Waals surface area contributed by atoms with Gasteiger partial charge in [0.15, 0.2) is 11.9 Å². The second-order valence-corrected chi connectivity index (χ2v) is 4.14. The van der Waals surface area contributed by atoms with Gasteiger partial charge in [-0.15, -0.1) is 0 Å². The van der Waals surface area contributed by atoms with Crippen LogP contribution in [0.5, 0.6) is 0 Å². The van der Waals surface area contributed by atoms with Crippen LogP contribution in [0.1, 0.15) is 16.7 Å². The number of nitrogens with two attached hydrogens (primary N) is 1. The molecular weight excluding hydrogens is 228 g/mol. The molecule has 2 aliphatic heterocycles. The number of nitrogens with zero attached hydrogens (tertiary/aromatic N) is 2. The van der Waals surface area contributed by atoms with Crippen LogP contribution < -0.4 is 11.1 Å². The molecule has 92 valence electrons. The first-order valence-electron chi connectivity index (χ1n) is 5.21. The second-order valence-electron chi connectivity index (χ2n) is 4.14. The molecule has 1 aromatic heterocycles. The molecule has 0 radical (unpaired) electrons. The van der Waals surface area contributed by atoms with Crippen molar-refractivity contribution in [3.63, 3.8) is 0 Å². The van der Waals surface area contributed by atoms with Gasteiger partial charge in [-0.05, 0) is 0 Å². The summed E-state index contributed by atoms with van der Waals surface area (Å²) in [6.07, 6.45) is -1.91. The number of anilines is 1. The van der Waals surface area contributed by atoms with Crippen LogP contribution in [0.4, 0.5) is 5.82 Å². The van der Waals surface area contributed by atoms with E-state index in [4.69, 9.17) is 10.5 Å². The number of nitrogens with one attached hydrogen (secondary N) is 1. The summed E-state index contributed by atoms with van der Waals surface area (Å²) in [5.41, 5.74) is 5.29. The Labute approximate surface area is 96.0 Å². The number of amides is 1. The number of primary amides is 1. The molecule has 3 heterocycles. The highest BCUT2D eigenvalue weighted by Gasteiger charge is 2.46. The molecule has 8 heteroatoms. The number of rotatable bonds is 1. The molecule has 1 aromatic rings. The van der Waals surface area contributed by atoms with Crippen LogP contribution in [0.15, 0.2) is 6.33 Å². The molecule has 2 aliphatic rings. The van der Waals surface area contributed by atoms with Gasteiger partial charge in [-0.1, -0.05) is 0 Å². The van der Waals surface area contributed by atoms with Gasteiger partial charge in [0, 0.05) is 6.54 Å². The summed E-state index contributed by atoms with van der Waals surface area (Å²) in [6.45, 7) is 0.278. The highest BCUT2D eigenvalue weighted by molar-refractivity contribution is 5.95. The van der Waals surface area contributed by atoms with Crippen LogP contribution in [-0.2, 0) is 4.74 Å². The number of aromatic nitrogens is 2. The largest absolute Gasteiger partial charge is 0.387 e. The minimum Gasteiger partial charge on any atom is -0.387 e. The zero-order chi connectivity index (χ0) is 12.2. The Bertz CT molecular complexity index is 474. The van der Waals surface area contributed by atoms with Crippen LogP contribution in [0.2, 0.25) is 0 Å². The topological polar surface area (TPSA) is 123 Å². The number of aliphatic hydroxyl groups is 2. The minimum atomic E-state index is -1.05. The Hall–Kier alpha value is -1.64. The van der Waals surface area contributed by atoms with Crippen molar-refractivity contribution in [3.05, 3.63) is 12.0 Å². The highest BCUT2D eigenvalue weighted by atomic mass is 16.6. The lowest BCUT2D eigenvalue weighted by Gasteiger charge is -2.20. The molecule has 0 saturated carbocycles. The highest BCUT2D eigenvalue weighted by Crippen LogP contribution is 2.35. The van der Waals surface area contributed by atoms with Crippen molar-refractivity contribution in [2.45, 2.75) is 24.5 Å². The van der Waals surface area contributed by atoms with Crippen molar-refractivity contribution in [3.8, 4) is 0 Å². The summed E-state index contributed by atoms with van der Waals surface area (Å²) >= 11 is 0. The third-order valence-electron chi connectivity index (χ3n) is 3.11. The van der Waals surface area contributed by atoms with Gasteiger partial charge < -0.3 is 26.0 Å². The van der Waals surface area contributed by atoms with E-state index in [-0.39, 0.29) is 12.2 Å². The van der Waals surface area contributed by atoms with E-state index in [1.807, 2.05) is 0 Å². The predicted molar refractivity (Wildman–Crippen MR) is 55.2 cm³/mol. The molecule has 5 N–H and O–H groups in total. The van der Waals surface area contributed by atoms with Crippen LogP contribution in [-0.4, -0.2) is 50.5 Å². The van der Waals surface area contributed by atoms with E-state index in [0.29, 0.717) is 5.82 Å². The van der Waals surface area contributed by atoms with E-state index in [0.717, 1.165) is 0 Å². The second kappa shape index (κ2) is 3.42. The van der Waals surface area contributed by atoms with Gasteiger partial charge in [0.1, 0.15) is 24.1 Å². The monoisotopic (exact) mass is 240 g/mol. The van der Waals surface area contributed by atoms with Crippen LogP contribution in [0.25, 0.3) is 0 Å². The molecule has 1 saturated heterocycles. The third-order valence-corrected chi connectivity index (χ3v) is 3.11. The number of hydrogen-bond acceptors (Lipinski definition) is 6. The number of carbonyl (C=O) groups excluding carboxylic acids is 1. The lowest BCUT2D eigenvalue weighted by atomic mass is 10.1. The number of imidazole rings is 1. The van der Waals surface area contributed by atoms with Gasteiger partial charge in [0.05, 0.1) is 6.33 Å². The maximum absolute atomic E-state index is 11.2. The normalized spacial score (nSPS) is 34.9. The average molecular weight is 240 g/mol. The van der Waals surface area contributed by atoms with E-state index >= 15 is 0 Å². The smallest absolute Gasteiger partial charge is 0.271 e. The average Bonchev–Trinajstić information content (AvgIpc) is 2.75. The molecular formula is C9H12N4O4. The predicted octanol–water partition coefficient (Wildman–Crippen LogP) is -1.97. The van der Waals surface area contributed by atoms with E-state index in [1.165, 1.54) is 10.9 Å². The molecule has 3 rings (SSSR count). The molecule has 0 aromatic carbocycles. The molecule has 2 bridgehead atoms. The van der Waals surface area contributed by atoms with E-state index in [2.05, 4.69) is 10.3 Å². The fraction of sp³-hybridized carbons (Fsp3) is 0.556. The van der Waals surface area contributed by atoms with Crippen molar-refractivity contribution in [1.29, 1.82) is 0 Å². The van der Waals surface area contributed by atoms with Gasteiger partial charge in [0.25, 0.3) is 5.91 Å². The van der Waals surface area contributed by atoms with Gasteiger partial charge in [-0.25, -0.2) is 4.98 Å². The number of fused-ring (bicyclic) bond motifs is 4. The Morgan fingerprint density at radius 1 is 1.59 bits per heavy atom. The standard InChI is InChI=1S/C9H12N4O4/c10-7(16)4-8-11-1-3-5(14)6(15)9(17-3)13(8)2-12-4/h2-3,5-6,9,11,14-15H,1H2,(H2,10,16)/t3-,5+,6?,9-/m1/s1. The van der Waals surface area contributed by atoms with Crippen LogP contribution in [0.3, 0.4) is 0 Å². The number of carbonyl (C=O) groups is 1. The summed E-state index contributed by atoms with van der Waals surface area (Å²) in [6, 6.07) is 0. The van der Waals surface area contributed by atoms with Crippen molar-refractivity contribution in [2.75, 3.05) is 11.9 Å².